The molecular formula is C19H26N2O5. The second-order valence-corrected chi connectivity index (χ2v) is 7.35. The van der Waals surface area contributed by atoms with Gasteiger partial charge in [0.1, 0.15) is 12.1 Å². The SMILES string of the molecule is COC(=O)c1ccc(C(NC(=O)CNC(=O)OC(C)(C)C)C2CC2)cc1. The van der Waals surface area contributed by atoms with Gasteiger partial charge in [0.25, 0.3) is 0 Å². The fraction of sp³-hybridized carbons (Fsp3) is 0.526. The average Bonchev–Trinajstić information content (AvgIpc) is 3.41. The number of rotatable bonds is 6. The summed E-state index contributed by atoms with van der Waals surface area (Å²) in [4.78, 5) is 35.4. The number of hydrogen-bond donors (Lipinski definition) is 2. The van der Waals surface area contributed by atoms with E-state index in [4.69, 9.17) is 4.74 Å². The first-order valence-corrected chi connectivity index (χ1v) is 8.64. The molecule has 0 aliphatic heterocycles. The van der Waals surface area contributed by atoms with E-state index in [1.54, 1.807) is 32.9 Å². The molecule has 0 heterocycles. The third-order valence-corrected chi connectivity index (χ3v) is 3.89. The lowest BCUT2D eigenvalue weighted by molar-refractivity contribution is -0.121. The summed E-state index contributed by atoms with van der Waals surface area (Å²) in [5.74, 6) is -0.320. The molecule has 1 fully saturated rings. The van der Waals surface area contributed by atoms with Gasteiger partial charge in [0, 0.05) is 0 Å². The first-order chi connectivity index (χ1) is 12.2. The van der Waals surface area contributed by atoms with Crippen molar-refractivity contribution < 1.29 is 23.9 Å². The van der Waals surface area contributed by atoms with Crippen molar-refractivity contribution >= 4 is 18.0 Å². The fourth-order valence-electron chi connectivity index (χ4n) is 2.54. The van der Waals surface area contributed by atoms with Crippen LogP contribution in [0.3, 0.4) is 0 Å². The van der Waals surface area contributed by atoms with Crippen molar-refractivity contribution in [2.45, 2.75) is 45.3 Å². The van der Waals surface area contributed by atoms with E-state index in [-0.39, 0.29) is 18.5 Å². The molecule has 1 aromatic rings. The molecule has 26 heavy (non-hydrogen) atoms. The van der Waals surface area contributed by atoms with Gasteiger partial charge in [0.15, 0.2) is 0 Å². The molecule has 2 rings (SSSR count). The maximum Gasteiger partial charge on any atom is 0.408 e. The fourth-order valence-corrected chi connectivity index (χ4v) is 2.54. The maximum atomic E-state index is 12.2. The highest BCUT2D eigenvalue weighted by molar-refractivity contribution is 5.89. The minimum atomic E-state index is -0.627. The number of ether oxygens (including phenoxy) is 2. The topological polar surface area (TPSA) is 93.7 Å². The summed E-state index contributed by atoms with van der Waals surface area (Å²) in [6.45, 7) is 5.12. The van der Waals surface area contributed by atoms with Gasteiger partial charge < -0.3 is 20.1 Å². The van der Waals surface area contributed by atoms with Crippen molar-refractivity contribution in [1.82, 2.24) is 10.6 Å². The predicted molar refractivity (Wildman–Crippen MR) is 95.6 cm³/mol. The molecule has 2 amide bonds. The number of carbonyl (C=O) groups is 3. The molecule has 0 spiro atoms. The smallest absolute Gasteiger partial charge is 0.408 e. The highest BCUT2D eigenvalue weighted by atomic mass is 16.6. The third-order valence-electron chi connectivity index (χ3n) is 3.89. The van der Waals surface area contributed by atoms with Gasteiger partial charge in [-0.15, -0.1) is 0 Å². The van der Waals surface area contributed by atoms with E-state index in [1.807, 2.05) is 12.1 Å². The van der Waals surface area contributed by atoms with E-state index in [0.29, 0.717) is 11.5 Å². The van der Waals surface area contributed by atoms with E-state index in [0.717, 1.165) is 18.4 Å². The van der Waals surface area contributed by atoms with Gasteiger partial charge >= 0.3 is 12.1 Å². The van der Waals surface area contributed by atoms with Crippen LogP contribution in [0.25, 0.3) is 0 Å². The van der Waals surface area contributed by atoms with Gasteiger partial charge in [0.05, 0.1) is 18.7 Å². The molecule has 0 aromatic heterocycles. The summed E-state index contributed by atoms with van der Waals surface area (Å²) in [7, 11) is 1.33. The number of methoxy groups -OCH3 is 1. The molecule has 0 saturated heterocycles. The highest BCUT2D eigenvalue weighted by Gasteiger charge is 2.33. The zero-order valence-electron chi connectivity index (χ0n) is 15.6. The quantitative estimate of drug-likeness (QED) is 0.759. The number of carbonyl (C=O) groups excluding carboxylic acids is 3. The first kappa shape index (κ1) is 19.8. The van der Waals surface area contributed by atoms with Crippen molar-refractivity contribution in [1.29, 1.82) is 0 Å². The first-order valence-electron chi connectivity index (χ1n) is 8.64. The van der Waals surface area contributed by atoms with Crippen LogP contribution in [0.4, 0.5) is 4.79 Å². The van der Waals surface area contributed by atoms with Crippen molar-refractivity contribution in [2.75, 3.05) is 13.7 Å². The molecule has 0 bridgehead atoms. The van der Waals surface area contributed by atoms with Gasteiger partial charge in [-0.05, 0) is 57.2 Å². The summed E-state index contributed by atoms with van der Waals surface area (Å²) in [5, 5.41) is 5.40. The molecule has 1 aromatic carbocycles. The predicted octanol–water partition coefficient (Wildman–Crippen LogP) is 2.57. The molecule has 7 heteroatoms. The van der Waals surface area contributed by atoms with Gasteiger partial charge in [0.2, 0.25) is 5.91 Å². The molecular weight excluding hydrogens is 336 g/mol. The van der Waals surface area contributed by atoms with Crippen LogP contribution in [0.15, 0.2) is 24.3 Å². The Morgan fingerprint density at radius 1 is 1.15 bits per heavy atom. The van der Waals surface area contributed by atoms with E-state index < -0.39 is 17.7 Å². The summed E-state index contributed by atoms with van der Waals surface area (Å²) < 4.78 is 9.80. The Kier molecular flexibility index (Phi) is 6.23. The van der Waals surface area contributed by atoms with E-state index in [2.05, 4.69) is 15.4 Å². The van der Waals surface area contributed by atoms with Crippen LogP contribution in [0.2, 0.25) is 0 Å². The van der Waals surface area contributed by atoms with Crippen LogP contribution in [0, 0.1) is 5.92 Å². The zero-order valence-corrected chi connectivity index (χ0v) is 15.6. The Balaban J connectivity index is 1.93. The third kappa shape index (κ3) is 6.06. The molecule has 1 atom stereocenters. The monoisotopic (exact) mass is 362 g/mol. The average molecular weight is 362 g/mol. The van der Waals surface area contributed by atoms with E-state index in [1.165, 1.54) is 7.11 Å². The molecule has 142 valence electrons. The van der Waals surface area contributed by atoms with Crippen molar-refractivity contribution in [3.05, 3.63) is 35.4 Å². The maximum absolute atomic E-state index is 12.2. The van der Waals surface area contributed by atoms with Gasteiger partial charge in [-0.2, -0.15) is 0 Å². The Morgan fingerprint density at radius 2 is 1.77 bits per heavy atom. The molecule has 1 saturated carbocycles. The molecule has 0 radical (unpaired) electrons. The highest BCUT2D eigenvalue weighted by Crippen LogP contribution is 2.41. The van der Waals surface area contributed by atoms with Crippen LogP contribution in [-0.4, -0.2) is 37.2 Å². The number of alkyl carbamates (subject to hydrolysis) is 1. The second kappa shape index (κ2) is 8.21. The number of nitrogens with one attached hydrogen (secondary N) is 2. The van der Waals surface area contributed by atoms with Crippen LogP contribution >= 0.6 is 0 Å². The summed E-state index contributed by atoms with van der Waals surface area (Å²) in [6, 6.07) is 6.85. The lowest BCUT2D eigenvalue weighted by atomic mass is 10.0. The minimum Gasteiger partial charge on any atom is -0.465 e. The molecule has 2 N–H and O–H groups in total. The van der Waals surface area contributed by atoms with Gasteiger partial charge in [-0.1, -0.05) is 12.1 Å². The molecule has 1 aliphatic carbocycles. The van der Waals surface area contributed by atoms with E-state index in [9.17, 15) is 14.4 Å². The second-order valence-electron chi connectivity index (χ2n) is 7.35. The van der Waals surface area contributed by atoms with Crippen LogP contribution in [0.1, 0.15) is 55.6 Å². The molecule has 7 nitrogen and oxygen atoms in total. The zero-order chi connectivity index (χ0) is 19.3. The number of benzene rings is 1. The Morgan fingerprint density at radius 3 is 2.27 bits per heavy atom. The van der Waals surface area contributed by atoms with Crippen molar-refractivity contribution in [2.24, 2.45) is 5.92 Å². The Bertz CT molecular complexity index is 660. The van der Waals surface area contributed by atoms with Crippen LogP contribution in [-0.2, 0) is 14.3 Å². The molecule has 1 unspecified atom stereocenters. The normalized spacial score (nSPS) is 14.9. The standard InChI is InChI=1S/C19H26N2O5/c1-19(2,3)26-18(24)20-11-15(22)21-16(12-5-6-12)13-7-9-14(10-8-13)17(23)25-4/h7-10,12,16H,5-6,11H2,1-4H3,(H,20,24)(H,21,22). The van der Waals surface area contributed by atoms with Crippen molar-refractivity contribution in [3.8, 4) is 0 Å². The Hall–Kier alpha value is -2.57. The summed E-state index contributed by atoms with van der Waals surface area (Å²) in [6.07, 6.45) is 1.44. The lowest BCUT2D eigenvalue weighted by Crippen LogP contribution is -2.41. The van der Waals surface area contributed by atoms with Gasteiger partial charge in [-0.25, -0.2) is 9.59 Å². The Labute approximate surface area is 153 Å². The number of amides is 2. The summed E-state index contributed by atoms with van der Waals surface area (Å²) in [5.41, 5.74) is 0.771. The number of esters is 1. The van der Waals surface area contributed by atoms with E-state index >= 15 is 0 Å². The lowest BCUT2D eigenvalue weighted by Gasteiger charge is -2.21. The minimum absolute atomic E-state index is 0.144. The largest absolute Gasteiger partial charge is 0.465 e. The summed E-state index contributed by atoms with van der Waals surface area (Å²) >= 11 is 0. The molecule has 1 aliphatic rings. The van der Waals surface area contributed by atoms with Crippen molar-refractivity contribution in [3.63, 3.8) is 0 Å². The van der Waals surface area contributed by atoms with Gasteiger partial charge in [-0.3, -0.25) is 4.79 Å². The van der Waals surface area contributed by atoms with Crippen LogP contribution < -0.4 is 10.6 Å². The van der Waals surface area contributed by atoms with Crippen LogP contribution in [0.5, 0.6) is 0 Å². The number of hydrogen-bond acceptors (Lipinski definition) is 5.